The summed E-state index contributed by atoms with van der Waals surface area (Å²) in [6.07, 6.45) is 0.535. The topological polar surface area (TPSA) is 67.4 Å². The van der Waals surface area contributed by atoms with E-state index >= 15 is 0 Å². The Balaban J connectivity index is 2.71. The molecule has 1 aromatic rings. The molecule has 0 bridgehead atoms. The number of urea groups is 1. The van der Waals surface area contributed by atoms with Crippen molar-refractivity contribution in [1.29, 1.82) is 0 Å². The lowest BCUT2D eigenvalue weighted by Crippen LogP contribution is -2.44. The minimum Gasteiger partial charge on any atom is -0.467 e. The smallest absolute Gasteiger partial charge is 0.328 e. The first-order valence-electron chi connectivity index (χ1n) is 7.05. The number of carbonyl (C=O) groups excluding carboxylic acids is 2. The molecule has 5 heteroatoms. The van der Waals surface area contributed by atoms with Gasteiger partial charge in [-0.25, -0.2) is 9.59 Å². The second-order valence-corrected chi connectivity index (χ2v) is 5.68. The molecule has 0 aliphatic rings. The van der Waals surface area contributed by atoms with Crippen molar-refractivity contribution in [3.05, 3.63) is 29.3 Å². The summed E-state index contributed by atoms with van der Waals surface area (Å²) >= 11 is 0. The van der Waals surface area contributed by atoms with Gasteiger partial charge in [-0.2, -0.15) is 0 Å². The van der Waals surface area contributed by atoms with Crippen LogP contribution in [0.2, 0.25) is 0 Å². The Bertz CT molecular complexity index is 492. The van der Waals surface area contributed by atoms with Crippen LogP contribution in [0.15, 0.2) is 18.2 Å². The number of hydrogen-bond acceptors (Lipinski definition) is 3. The third-order valence-corrected chi connectivity index (χ3v) is 2.98. The van der Waals surface area contributed by atoms with Gasteiger partial charge in [-0.3, -0.25) is 0 Å². The molecule has 5 nitrogen and oxygen atoms in total. The molecule has 21 heavy (non-hydrogen) atoms. The van der Waals surface area contributed by atoms with Crippen LogP contribution in [0.3, 0.4) is 0 Å². The Morgan fingerprint density at radius 2 is 1.71 bits per heavy atom. The minimum absolute atomic E-state index is 0.274. The molecule has 0 fully saturated rings. The Morgan fingerprint density at radius 3 is 2.19 bits per heavy atom. The van der Waals surface area contributed by atoms with E-state index in [-0.39, 0.29) is 5.92 Å². The van der Waals surface area contributed by atoms with Crippen LogP contribution < -0.4 is 10.6 Å². The molecule has 0 saturated carbocycles. The van der Waals surface area contributed by atoms with Gasteiger partial charge in [-0.1, -0.05) is 19.9 Å². The van der Waals surface area contributed by atoms with Gasteiger partial charge in [0, 0.05) is 5.69 Å². The quantitative estimate of drug-likeness (QED) is 0.820. The molecule has 0 radical (unpaired) electrons. The molecule has 0 saturated heterocycles. The molecule has 2 N–H and O–H groups in total. The standard InChI is InChI=1S/C16H24N2O3/c1-10(2)6-14(15(19)21-5)18-16(20)17-13-8-11(3)7-12(4)9-13/h7-10,14H,6H2,1-5H3,(H2,17,18,20). The molecule has 0 spiro atoms. The highest BCUT2D eigenvalue weighted by molar-refractivity contribution is 5.92. The third kappa shape index (κ3) is 5.85. The summed E-state index contributed by atoms with van der Waals surface area (Å²) in [4.78, 5) is 23.7. The fraction of sp³-hybridized carbons (Fsp3) is 0.500. The number of anilines is 1. The van der Waals surface area contributed by atoms with Crippen molar-refractivity contribution < 1.29 is 14.3 Å². The van der Waals surface area contributed by atoms with Gasteiger partial charge >= 0.3 is 12.0 Å². The summed E-state index contributed by atoms with van der Waals surface area (Å²) in [7, 11) is 1.32. The van der Waals surface area contributed by atoms with Crippen molar-refractivity contribution in [3.8, 4) is 0 Å². The van der Waals surface area contributed by atoms with Gasteiger partial charge in [0.25, 0.3) is 0 Å². The zero-order valence-electron chi connectivity index (χ0n) is 13.3. The molecule has 1 unspecified atom stereocenters. The second kappa shape index (κ2) is 7.67. The van der Waals surface area contributed by atoms with E-state index in [1.165, 1.54) is 7.11 Å². The fourth-order valence-electron chi connectivity index (χ4n) is 2.20. The molecule has 2 amide bonds. The molecule has 116 valence electrons. The zero-order chi connectivity index (χ0) is 16.0. The fourth-order valence-corrected chi connectivity index (χ4v) is 2.20. The number of esters is 1. The van der Waals surface area contributed by atoms with Gasteiger partial charge in [0.15, 0.2) is 0 Å². The van der Waals surface area contributed by atoms with Gasteiger partial charge in [0.1, 0.15) is 6.04 Å². The normalized spacial score (nSPS) is 11.9. The van der Waals surface area contributed by atoms with Crippen molar-refractivity contribution in [2.24, 2.45) is 5.92 Å². The number of ether oxygens (including phenoxy) is 1. The monoisotopic (exact) mass is 292 g/mol. The summed E-state index contributed by atoms with van der Waals surface area (Å²) in [6, 6.07) is 4.74. The number of carbonyl (C=O) groups is 2. The first kappa shape index (κ1) is 17.0. The van der Waals surface area contributed by atoms with E-state index in [0.717, 1.165) is 11.1 Å². The first-order valence-corrected chi connectivity index (χ1v) is 7.05. The Hall–Kier alpha value is -2.04. The van der Waals surface area contributed by atoms with Gasteiger partial charge in [-0.15, -0.1) is 0 Å². The predicted octanol–water partition coefficient (Wildman–Crippen LogP) is 3.01. The van der Waals surface area contributed by atoms with Gasteiger partial charge < -0.3 is 15.4 Å². The molecule has 1 atom stereocenters. The predicted molar refractivity (Wildman–Crippen MR) is 83.3 cm³/mol. The number of aryl methyl sites for hydroxylation is 2. The van der Waals surface area contributed by atoms with E-state index in [9.17, 15) is 9.59 Å². The number of nitrogens with one attached hydrogen (secondary N) is 2. The van der Waals surface area contributed by atoms with Gasteiger partial charge in [0.05, 0.1) is 7.11 Å². The molecule has 0 heterocycles. The SMILES string of the molecule is COC(=O)C(CC(C)C)NC(=O)Nc1cc(C)cc(C)c1. The summed E-state index contributed by atoms with van der Waals surface area (Å²) in [5, 5.41) is 5.41. The first-order chi connectivity index (χ1) is 9.81. The Labute approximate surface area is 126 Å². The maximum Gasteiger partial charge on any atom is 0.328 e. The number of amides is 2. The van der Waals surface area contributed by atoms with E-state index < -0.39 is 18.0 Å². The summed E-state index contributed by atoms with van der Waals surface area (Å²) in [6.45, 7) is 7.90. The molecular formula is C16H24N2O3. The average molecular weight is 292 g/mol. The number of benzene rings is 1. The number of rotatable bonds is 5. The number of methoxy groups -OCH3 is 1. The van der Waals surface area contributed by atoms with Gasteiger partial charge in [-0.05, 0) is 49.4 Å². The summed E-state index contributed by atoms with van der Waals surface area (Å²) < 4.78 is 4.72. The third-order valence-electron chi connectivity index (χ3n) is 2.98. The Kier molecular flexibility index (Phi) is 6.21. The molecule has 0 aliphatic carbocycles. The van der Waals surface area contributed by atoms with Crippen LogP contribution in [0.4, 0.5) is 10.5 Å². The van der Waals surface area contributed by atoms with Crippen molar-refractivity contribution in [3.63, 3.8) is 0 Å². The lowest BCUT2D eigenvalue weighted by molar-refractivity contribution is -0.143. The van der Waals surface area contributed by atoms with Crippen LogP contribution in [-0.4, -0.2) is 25.2 Å². The van der Waals surface area contributed by atoms with Crippen molar-refractivity contribution in [1.82, 2.24) is 5.32 Å². The minimum atomic E-state index is -0.638. The summed E-state index contributed by atoms with van der Waals surface area (Å²) in [5.41, 5.74) is 2.84. The lowest BCUT2D eigenvalue weighted by atomic mass is 10.0. The summed E-state index contributed by atoms with van der Waals surface area (Å²) in [5.74, 6) is -0.158. The van der Waals surface area contributed by atoms with E-state index in [4.69, 9.17) is 4.74 Å². The van der Waals surface area contributed by atoms with Crippen LogP contribution in [0.1, 0.15) is 31.4 Å². The van der Waals surface area contributed by atoms with Crippen LogP contribution in [0, 0.1) is 19.8 Å². The highest BCUT2D eigenvalue weighted by Crippen LogP contribution is 2.14. The molecule has 0 aromatic heterocycles. The highest BCUT2D eigenvalue weighted by atomic mass is 16.5. The number of hydrogen-bond donors (Lipinski definition) is 2. The van der Waals surface area contributed by atoms with E-state index in [1.54, 1.807) is 0 Å². The highest BCUT2D eigenvalue weighted by Gasteiger charge is 2.22. The molecule has 1 rings (SSSR count). The van der Waals surface area contributed by atoms with Crippen LogP contribution in [0.25, 0.3) is 0 Å². The lowest BCUT2D eigenvalue weighted by Gasteiger charge is -2.18. The van der Waals surface area contributed by atoms with Crippen LogP contribution >= 0.6 is 0 Å². The largest absolute Gasteiger partial charge is 0.467 e. The van der Waals surface area contributed by atoms with Crippen molar-refractivity contribution in [2.45, 2.75) is 40.2 Å². The van der Waals surface area contributed by atoms with Crippen LogP contribution in [0.5, 0.6) is 0 Å². The van der Waals surface area contributed by atoms with Crippen molar-refractivity contribution >= 4 is 17.7 Å². The molecule has 1 aromatic carbocycles. The van der Waals surface area contributed by atoms with E-state index in [1.807, 2.05) is 45.9 Å². The van der Waals surface area contributed by atoms with Crippen molar-refractivity contribution in [2.75, 3.05) is 12.4 Å². The Morgan fingerprint density at radius 1 is 1.14 bits per heavy atom. The van der Waals surface area contributed by atoms with E-state index in [0.29, 0.717) is 12.1 Å². The maximum absolute atomic E-state index is 12.0. The maximum atomic E-state index is 12.0. The molecular weight excluding hydrogens is 268 g/mol. The van der Waals surface area contributed by atoms with Crippen LogP contribution in [-0.2, 0) is 9.53 Å². The van der Waals surface area contributed by atoms with Gasteiger partial charge in [0.2, 0.25) is 0 Å². The molecule has 0 aliphatic heterocycles. The van der Waals surface area contributed by atoms with E-state index in [2.05, 4.69) is 10.6 Å². The zero-order valence-corrected chi connectivity index (χ0v) is 13.3. The second-order valence-electron chi connectivity index (χ2n) is 5.68. The average Bonchev–Trinajstić information content (AvgIpc) is 2.34.